The highest BCUT2D eigenvalue weighted by atomic mass is 16.5. The summed E-state index contributed by atoms with van der Waals surface area (Å²) in [5, 5.41) is 10.4. The number of ketones is 1. The Bertz CT molecular complexity index is 572. The SMILES string of the molecule is C=CC(=O)c1c(C)cc2n[nH]nc2c1OC. The maximum Gasteiger partial charge on any atom is 0.189 e. The van der Waals surface area contributed by atoms with Gasteiger partial charge in [-0.3, -0.25) is 4.79 Å². The van der Waals surface area contributed by atoms with Gasteiger partial charge in [0.1, 0.15) is 5.52 Å². The van der Waals surface area contributed by atoms with Crippen molar-refractivity contribution in [2.45, 2.75) is 6.92 Å². The predicted octanol–water partition coefficient (Wildman–Crippen LogP) is 1.64. The molecule has 1 aromatic carbocycles. The van der Waals surface area contributed by atoms with E-state index < -0.39 is 0 Å². The van der Waals surface area contributed by atoms with Gasteiger partial charge in [-0.2, -0.15) is 15.4 Å². The second-order valence-electron chi connectivity index (χ2n) is 3.36. The molecule has 0 fully saturated rings. The van der Waals surface area contributed by atoms with Crippen molar-refractivity contribution in [3.8, 4) is 5.75 Å². The maximum absolute atomic E-state index is 11.7. The van der Waals surface area contributed by atoms with Crippen molar-refractivity contribution < 1.29 is 9.53 Å². The highest BCUT2D eigenvalue weighted by Gasteiger charge is 2.18. The van der Waals surface area contributed by atoms with E-state index in [2.05, 4.69) is 22.0 Å². The van der Waals surface area contributed by atoms with E-state index >= 15 is 0 Å². The molecular weight excluding hydrogens is 206 g/mol. The first-order valence-corrected chi connectivity index (χ1v) is 4.74. The summed E-state index contributed by atoms with van der Waals surface area (Å²) in [6, 6.07) is 1.79. The summed E-state index contributed by atoms with van der Waals surface area (Å²) < 4.78 is 5.23. The van der Waals surface area contributed by atoms with E-state index in [1.807, 2.05) is 6.92 Å². The highest BCUT2D eigenvalue weighted by molar-refractivity contribution is 6.10. The van der Waals surface area contributed by atoms with E-state index in [1.54, 1.807) is 6.07 Å². The zero-order valence-electron chi connectivity index (χ0n) is 9.07. The zero-order chi connectivity index (χ0) is 11.7. The molecule has 5 heteroatoms. The van der Waals surface area contributed by atoms with Crippen LogP contribution in [0, 0.1) is 6.92 Å². The van der Waals surface area contributed by atoms with E-state index in [9.17, 15) is 4.79 Å². The molecule has 0 aliphatic rings. The number of methoxy groups -OCH3 is 1. The Kier molecular flexibility index (Phi) is 2.44. The maximum atomic E-state index is 11.7. The number of H-pyrrole nitrogens is 1. The number of nitrogens with zero attached hydrogens (tertiary/aromatic N) is 2. The quantitative estimate of drug-likeness (QED) is 0.627. The molecule has 2 rings (SSSR count). The standard InChI is InChI=1S/C11H11N3O2/c1-4-8(15)9-6(2)5-7-10(11(9)16-3)13-14-12-7/h4-5H,1H2,2-3H3,(H,12,13,14). The van der Waals surface area contributed by atoms with Crippen LogP contribution < -0.4 is 4.74 Å². The van der Waals surface area contributed by atoms with E-state index in [4.69, 9.17) is 4.74 Å². The number of carbonyl (C=O) groups excluding carboxylic acids is 1. The molecule has 0 saturated carbocycles. The first-order valence-electron chi connectivity index (χ1n) is 4.74. The van der Waals surface area contributed by atoms with Gasteiger partial charge in [0.25, 0.3) is 0 Å². The summed E-state index contributed by atoms with van der Waals surface area (Å²) in [4.78, 5) is 11.7. The number of aromatic amines is 1. The summed E-state index contributed by atoms with van der Waals surface area (Å²) in [6.45, 7) is 5.30. The number of hydrogen-bond donors (Lipinski definition) is 1. The second-order valence-corrected chi connectivity index (χ2v) is 3.36. The number of aryl methyl sites for hydroxylation is 1. The lowest BCUT2D eigenvalue weighted by atomic mass is 10.0. The van der Waals surface area contributed by atoms with Crippen LogP contribution in [0.2, 0.25) is 0 Å². The third-order valence-corrected chi connectivity index (χ3v) is 2.40. The van der Waals surface area contributed by atoms with Crippen molar-refractivity contribution in [2.75, 3.05) is 7.11 Å². The fourth-order valence-electron chi connectivity index (χ4n) is 1.69. The molecule has 0 radical (unpaired) electrons. The average Bonchev–Trinajstić information content (AvgIpc) is 2.73. The van der Waals surface area contributed by atoms with Gasteiger partial charge in [-0.05, 0) is 24.6 Å². The first-order chi connectivity index (χ1) is 7.69. The molecule has 16 heavy (non-hydrogen) atoms. The van der Waals surface area contributed by atoms with Gasteiger partial charge in [0.2, 0.25) is 0 Å². The molecule has 0 spiro atoms. The largest absolute Gasteiger partial charge is 0.494 e. The van der Waals surface area contributed by atoms with Gasteiger partial charge in [0.15, 0.2) is 17.0 Å². The summed E-state index contributed by atoms with van der Waals surface area (Å²) in [5.41, 5.74) is 2.51. The molecule has 0 aliphatic carbocycles. The summed E-state index contributed by atoms with van der Waals surface area (Å²) in [6.07, 6.45) is 1.26. The van der Waals surface area contributed by atoms with Crippen LogP contribution in [-0.2, 0) is 0 Å². The smallest absolute Gasteiger partial charge is 0.189 e. The third kappa shape index (κ3) is 1.37. The molecule has 1 aromatic heterocycles. The minimum absolute atomic E-state index is 0.181. The van der Waals surface area contributed by atoms with Crippen LogP contribution in [0.25, 0.3) is 11.0 Å². The van der Waals surface area contributed by atoms with E-state index in [0.717, 1.165) is 5.56 Å². The lowest BCUT2D eigenvalue weighted by Gasteiger charge is -2.08. The minimum Gasteiger partial charge on any atom is -0.494 e. The first kappa shape index (κ1) is 10.4. The second kappa shape index (κ2) is 3.77. The van der Waals surface area contributed by atoms with E-state index in [-0.39, 0.29) is 5.78 Å². The summed E-state index contributed by atoms with van der Waals surface area (Å²) in [7, 11) is 1.50. The molecule has 82 valence electrons. The van der Waals surface area contributed by atoms with Gasteiger partial charge in [-0.25, -0.2) is 0 Å². The fraction of sp³-hybridized carbons (Fsp3) is 0.182. The monoisotopic (exact) mass is 217 g/mol. The molecule has 1 heterocycles. The van der Waals surface area contributed by atoms with E-state index in [0.29, 0.717) is 22.3 Å². The molecule has 1 N–H and O–H groups in total. The van der Waals surface area contributed by atoms with Gasteiger partial charge in [0.05, 0.1) is 12.7 Å². The Morgan fingerprint density at radius 3 is 2.94 bits per heavy atom. The van der Waals surface area contributed by atoms with Crippen molar-refractivity contribution in [1.29, 1.82) is 0 Å². The van der Waals surface area contributed by atoms with Gasteiger partial charge < -0.3 is 4.74 Å². The number of carbonyl (C=O) groups is 1. The van der Waals surface area contributed by atoms with E-state index in [1.165, 1.54) is 13.2 Å². The normalized spacial score (nSPS) is 10.4. The number of aromatic nitrogens is 3. The van der Waals surface area contributed by atoms with Crippen molar-refractivity contribution in [3.63, 3.8) is 0 Å². The molecule has 0 atom stereocenters. The molecule has 0 aliphatic heterocycles. The van der Waals surface area contributed by atoms with Crippen molar-refractivity contribution in [3.05, 3.63) is 29.8 Å². The number of rotatable bonds is 3. The Balaban J connectivity index is 2.84. The number of ether oxygens (including phenoxy) is 1. The van der Waals surface area contributed by atoms with Gasteiger partial charge in [0, 0.05) is 0 Å². The molecule has 0 amide bonds. The van der Waals surface area contributed by atoms with Gasteiger partial charge in [-0.15, -0.1) is 0 Å². The number of benzene rings is 1. The molecule has 2 aromatic rings. The molecule has 0 bridgehead atoms. The average molecular weight is 217 g/mol. The highest BCUT2D eigenvalue weighted by Crippen LogP contribution is 2.30. The molecule has 0 unspecified atom stereocenters. The van der Waals surface area contributed by atoms with Crippen LogP contribution in [0.15, 0.2) is 18.7 Å². The van der Waals surface area contributed by atoms with Gasteiger partial charge >= 0.3 is 0 Å². The lowest BCUT2D eigenvalue weighted by molar-refractivity contribution is 0.104. The number of allylic oxidation sites excluding steroid dienone is 1. The Morgan fingerprint density at radius 1 is 1.56 bits per heavy atom. The van der Waals surface area contributed by atoms with Crippen LogP contribution in [0.3, 0.4) is 0 Å². The molecule has 0 saturated heterocycles. The van der Waals surface area contributed by atoms with Crippen molar-refractivity contribution >= 4 is 16.8 Å². The topological polar surface area (TPSA) is 67.9 Å². The minimum atomic E-state index is -0.181. The Morgan fingerprint density at radius 2 is 2.31 bits per heavy atom. The number of fused-ring (bicyclic) bond motifs is 1. The Labute approximate surface area is 92.1 Å². The predicted molar refractivity (Wildman–Crippen MR) is 59.7 cm³/mol. The zero-order valence-corrected chi connectivity index (χ0v) is 9.07. The van der Waals surface area contributed by atoms with Gasteiger partial charge in [-0.1, -0.05) is 6.58 Å². The number of hydrogen-bond acceptors (Lipinski definition) is 4. The Hall–Kier alpha value is -2.17. The molecular formula is C11H11N3O2. The van der Waals surface area contributed by atoms with Crippen molar-refractivity contribution in [1.82, 2.24) is 15.4 Å². The van der Waals surface area contributed by atoms with Crippen LogP contribution in [0.4, 0.5) is 0 Å². The fourth-order valence-corrected chi connectivity index (χ4v) is 1.69. The van der Waals surface area contributed by atoms with Crippen LogP contribution in [-0.4, -0.2) is 28.3 Å². The van der Waals surface area contributed by atoms with Crippen LogP contribution in [0.1, 0.15) is 15.9 Å². The number of nitrogens with one attached hydrogen (secondary N) is 1. The third-order valence-electron chi connectivity index (χ3n) is 2.40. The van der Waals surface area contributed by atoms with Crippen LogP contribution in [0.5, 0.6) is 5.75 Å². The van der Waals surface area contributed by atoms with Crippen molar-refractivity contribution in [2.24, 2.45) is 0 Å². The summed E-state index contributed by atoms with van der Waals surface area (Å²) >= 11 is 0. The van der Waals surface area contributed by atoms with Crippen LogP contribution >= 0.6 is 0 Å². The lowest BCUT2D eigenvalue weighted by Crippen LogP contribution is -2.02. The molecule has 5 nitrogen and oxygen atoms in total. The summed E-state index contributed by atoms with van der Waals surface area (Å²) in [5.74, 6) is 0.257.